The van der Waals surface area contributed by atoms with E-state index in [1.54, 1.807) is 12.1 Å². The van der Waals surface area contributed by atoms with E-state index in [4.69, 9.17) is 0 Å². The number of amides is 2. The predicted octanol–water partition coefficient (Wildman–Crippen LogP) is 6.48. The van der Waals surface area contributed by atoms with Crippen molar-refractivity contribution in [1.82, 2.24) is 0 Å². The number of nitrogens with one attached hydrogen (secondary N) is 2. The van der Waals surface area contributed by atoms with E-state index in [-0.39, 0.29) is 11.8 Å². The first-order valence-electron chi connectivity index (χ1n) is 10.5. The molecule has 4 heteroatoms. The van der Waals surface area contributed by atoms with E-state index in [1.165, 1.54) is 0 Å². The zero-order valence-corrected chi connectivity index (χ0v) is 18.1. The number of hydrogen-bond donors (Lipinski definition) is 2. The second-order valence-corrected chi connectivity index (χ2v) is 7.63. The minimum atomic E-state index is -0.219. The van der Waals surface area contributed by atoms with Gasteiger partial charge in [0.15, 0.2) is 0 Å². The van der Waals surface area contributed by atoms with Gasteiger partial charge in [-0.1, -0.05) is 72.8 Å². The van der Waals surface area contributed by atoms with E-state index in [0.29, 0.717) is 22.3 Å². The summed E-state index contributed by atoms with van der Waals surface area (Å²) in [5.41, 5.74) is 5.91. The molecular formula is C28H24N2O2. The minimum Gasteiger partial charge on any atom is -0.322 e. The molecule has 0 bridgehead atoms. The second-order valence-electron chi connectivity index (χ2n) is 7.63. The Hall–Kier alpha value is -4.18. The summed E-state index contributed by atoms with van der Waals surface area (Å²) >= 11 is 0. The van der Waals surface area contributed by atoms with Gasteiger partial charge in [-0.05, 0) is 60.4 Å². The maximum atomic E-state index is 13.2. The fraction of sp³-hybridized carbons (Fsp3) is 0.0714. The highest BCUT2D eigenvalue weighted by atomic mass is 16.2. The highest BCUT2D eigenvalue weighted by Gasteiger charge is 2.19. The third-order valence-corrected chi connectivity index (χ3v) is 5.42. The van der Waals surface area contributed by atoms with E-state index in [0.717, 1.165) is 22.5 Å². The molecule has 158 valence electrons. The molecular weight excluding hydrogens is 396 g/mol. The Morgan fingerprint density at radius 3 is 1.25 bits per heavy atom. The molecule has 4 rings (SSSR count). The van der Waals surface area contributed by atoms with Crippen molar-refractivity contribution in [2.75, 3.05) is 10.6 Å². The number of carbonyl (C=O) groups excluding carboxylic acids is 2. The van der Waals surface area contributed by atoms with Crippen LogP contribution in [0.1, 0.15) is 31.8 Å². The summed E-state index contributed by atoms with van der Waals surface area (Å²) in [5.74, 6) is -0.437. The van der Waals surface area contributed by atoms with E-state index in [1.807, 2.05) is 98.8 Å². The Bertz CT molecular complexity index is 1190. The average Bonchev–Trinajstić information content (AvgIpc) is 2.82. The molecule has 0 aliphatic rings. The van der Waals surface area contributed by atoms with Crippen LogP contribution in [0.4, 0.5) is 11.4 Å². The van der Waals surface area contributed by atoms with Crippen LogP contribution in [0.5, 0.6) is 0 Å². The van der Waals surface area contributed by atoms with Gasteiger partial charge in [-0.15, -0.1) is 0 Å². The first-order valence-corrected chi connectivity index (χ1v) is 10.5. The molecule has 0 aliphatic carbocycles. The zero-order valence-electron chi connectivity index (χ0n) is 18.1. The van der Waals surface area contributed by atoms with Crippen molar-refractivity contribution >= 4 is 23.2 Å². The van der Waals surface area contributed by atoms with Gasteiger partial charge < -0.3 is 10.6 Å². The van der Waals surface area contributed by atoms with E-state index in [2.05, 4.69) is 10.6 Å². The van der Waals surface area contributed by atoms with Crippen LogP contribution in [0.15, 0.2) is 97.1 Å². The van der Waals surface area contributed by atoms with Gasteiger partial charge in [-0.25, -0.2) is 0 Å². The Morgan fingerprint density at radius 1 is 0.500 bits per heavy atom. The van der Waals surface area contributed by atoms with Crippen molar-refractivity contribution in [3.8, 4) is 11.1 Å². The van der Waals surface area contributed by atoms with Gasteiger partial charge in [0.1, 0.15) is 0 Å². The Labute approximate surface area is 187 Å². The lowest BCUT2D eigenvalue weighted by molar-refractivity contribution is 0.101. The largest absolute Gasteiger partial charge is 0.322 e. The molecule has 0 unspecified atom stereocenters. The standard InChI is InChI=1S/C28H24N2O2/c1-19-11-3-9-17-25(19)29-27(31)23-15-7-5-13-21(23)22-14-6-8-16-24(22)28(32)30-26-18-10-4-12-20(26)2/h3-18H,1-2H3,(H,29,31)(H,30,32). The smallest absolute Gasteiger partial charge is 0.256 e. The SMILES string of the molecule is Cc1ccccc1NC(=O)c1ccccc1-c1ccccc1C(=O)Nc1ccccc1C. The number of aryl methyl sites for hydroxylation is 2. The van der Waals surface area contributed by atoms with Crippen LogP contribution in [0.3, 0.4) is 0 Å². The van der Waals surface area contributed by atoms with Crippen molar-refractivity contribution in [2.45, 2.75) is 13.8 Å². The van der Waals surface area contributed by atoms with Gasteiger partial charge in [-0.3, -0.25) is 9.59 Å². The third kappa shape index (κ3) is 4.44. The van der Waals surface area contributed by atoms with Gasteiger partial charge in [0.05, 0.1) is 0 Å². The van der Waals surface area contributed by atoms with Gasteiger partial charge in [0.2, 0.25) is 0 Å². The molecule has 0 aliphatic heterocycles. The lowest BCUT2D eigenvalue weighted by atomic mass is 9.94. The molecule has 0 saturated heterocycles. The first-order chi connectivity index (χ1) is 15.5. The highest BCUT2D eigenvalue weighted by molar-refractivity contribution is 6.13. The summed E-state index contributed by atoms with van der Waals surface area (Å²) in [6.07, 6.45) is 0. The fourth-order valence-corrected chi connectivity index (χ4v) is 3.64. The number of benzene rings is 4. The third-order valence-electron chi connectivity index (χ3n) is 5.42. The van der Waals surface area contributed by atoms with Crippen LogP contribution < -0.4 is 10.6 Å². The van der Waals surface area contributed by atoms with Crippen LogP contribution in [-0.4, -0.2) is 11.8 Å². The Kier molecular flexibility index (Phi) is 6.13. The summed E-state index contributed by atoms with van der Waals surface area (Å²) in [6.45, 7) is 3.90. The van der Waals surface area contributed by atoms with Crippen molar-refractivity contribution in [3.05, 3.63) is 119 Å². The molecule has 0 saturated carbocycles. The topological polar surface area (TPSA) is 58.2 Å². The summed E-state index contributed by atoms with van der Waals surface area (Å²) < 4.78 is 0. The van der Waals surface area contributed by atoms with Gasteiger partial charge in [0, 0.05) is 22.5 Å². The molecule has 32 heavy (non-hydrogen) atoms. The molecule has 4 nitrogen and oxygen atoms in total. The Morgan fingerprint density at radius 2 is 0.844 bits per heavy atom. The van der Waals surface area contributed by atoms with E-state index >= 15 is 0 Å². The predicted molar refractivity (Wildman–Crippen MR) is 130 cm³/mol. The van der Waals surface area contributed by atoms with Crippen LogP contribution in [0.25, 0.3) is 11.1 Å². The van der Waals surface area contributed by atoms with Crippen LogP contribution in [0.2, 0.25) is 0 Å². The molecule has 2 N–H and O–H groups in total. The highest BCUT2D eigenvalue weighted by Crippen LogP contribution is 2.29. The molecule has 0 spiro atoms. The molecule has 0 radical (unpaired) electrons. The zero-order chi connectivity index (χ0) is 22.5. The van der Waals surface area contributed by atoms with Crippen molar-refractivity contribution in [2.24, 2.45) is 0 Å². The molecule has 0 atom stereocenters. The number of hydrogen-bond acceptors (Lipinski definition) is 2. The molecule has 0 heterocycles. The molecule has 4 aromatic carbocycles. The van der Waals surface area contributed by atoms with Gasteiger partial charge in [-0.2, -0.15) is 0 Å². The van der Waals surface area contributed by atoms with Gasteiger partial charge >= 0.3 is 0 Å². The fourth-order valence-electron chi connectivity index (χ4n) is 3.64. The van der Waals surface area contributed by atoms with Crippen LogP contribution in [0, 0.1) is 13.8 Å². The molecule has 2 amide bonds. The molecule has 0 aromatic heterocycles. The number of rotatable bonds is 5. The molecule has 4 aromatic rings. The normalized spacial score (nSPS) is 10.4. The number of para-hydroxylation sites is 2. The van der Waals surface area contributed by atoms with Crippen LogP contribution in [-0.2, 0) is 0 Å². The Balaban J connectivity index is 1.70. The summed E-state index contributed by atoms with van der Waals surface area (Å²) in [4.78, 5) is 26.3. The van der Waals surface area contributed by atoms with Gasteiger partial charge in [0.25, 0.3) is 11.8 Å². The second kappa shape index (κ2) is 9.31. The molecule has 0 fully saturated rings. The lowest BCUT2D eigenvalue weighted by Crippen LogP contribution is -2.16. The quantitative estimate of drug-likeness (QED) is 0.388. The van der Waals surface area contributed by atoms with Crippen molar-refractivity contribution in [3.63, 3.8) is 0 Å². The number of anilines is 2. The minimum absolute atomic E-state index is 0.219. The maximum Gasteiger partial charge on any atom is 0.256 e. The first kappa shape index (κ1) is 21.1. The maximum absolute atomic E-state index is 13.2. The van der Waals surface area contributed by atoms with Crippen molar-refractivity contribution < 1.29 is 9.59 Å². The summed E-state index contributed by atoms with van der Waals surface area (Å²) in [7, 11) is 0. The number of carbonyl (C=O) groups is 2. The monoisotopic (exact) mass is 420 g/mol. The van der Waals surface area contributed by atoms with E-state index in [9.17, 15) is 9.59 Å². The summed E-state index contributed by atoms with van der Waals surface area (Å²) in [5, 5.41) is 5.99. The van der Waals surface area contributed by atoms with E-state index < -0.39 is 0 Å². The average molecular weight is 421 g/mol. The lowest BCUT2D eigenvalue weighted by Gasteiger charge is -2.15. The van der Waals surface area contributed by atoms with Crippen LogP contribution >= 0.6 is 0 Å². The van der Waals surface area contributed by atoms with Crippen molar-refractivity contribution in [1.29, 1.82) is 0 Å². The summed E-state index contributed by atoms with van der Waals surface area (Å²) in [6, 6.07) is 30.0.